The number of rotatable bonds is 3. The molecule has 7 heteroatoms. The molecule has 3 rings (SSSR count). The number of fused-ring (bicyclic) bond motifs is 1. The van der Waals surface area contributed by atoms with Gasteiger partial charge in [-0.1, -0.05) is 6.07 Å². The molecule has 21 heavy (non-hydrogen) atoms. The highest BCUT2D eigenvalue weighted by molar-refractivity contribution is 5.89. The molecule has 1 saturated heterocycles. The Morgan fingerprint density at radius 1 is 1.52 bits per heavy atom. The number of nitrogens with zero attached hydrogens (tertiary/aromatic N) is 2. The Morgan fingerprint density at radius 2 is 2.29 bits per heavy atom. The zero-order chi connectivity index (χ0) is 15.2. The monoisotopic (exact) mass is 292 g/mol. The molecule has 1 aromatic heterocycles. The van der Waals surface area contributed by atoms with E-state index in [9.17, 15) is 20.3 Å². The largest absolute Gasteiger partial charge is 0.394 e. The van der Waals surface area contributed by atoms with Gasteiger partial charge in [-0.15, -0.1) is 0 Å². The molecular formula is C14H16N2O5. The van der Waals surface area contributed by atoms with Crippen LogP contribution in [-0.2, 0) is 4.74 Å². The van der Waals surface area contributed by atoms with E-state index < -0.39 is 22.9 Å². The molecule has 0 unspecified atom stereocenters. The van der Waals surface area contributed by atoms with Crippen molar-refractivity contribution in [1.82, 2.24) is 4.57 Å². The maximum atomic E-state index is 11.1. The van der Waals surface area contributed by atoms with Gasteiger partial charge in [-0.05, 0) is 19.1 Å². The van der Waals surface area contributed by atoms with E-state index in [1.54, 1.807) is 35.9 Å². The number of hydrogen-bond acceptors (Lipinski definition) is 5. The number of aromatic nitrogens is 1. The molecule has 3 atom stereocenters. The first-order valence-electron chi connectivity index (χ1n) is 6.66. The third kappa shape index (κ3) is 2.19. The summed E-state index contributed by atoms with van der Waals surface area (Å²) in [6, 6.07) is 6.42. The Hall–Kier alpha value is -1.96. The van der Waals surface area contributed by atoms with Crippen molar-refractivity contribution in [3.63, 3.8) is 0 Å². The molecule has 0 saturated carbocycles. The normalized spacial score (nSPS) is 29.1. The topological polar surface area (TPSA) is 97.8 Å². The van der Waals surface area contributed by atoms with E-state index in [0.717, 1.165) is 0 Å². The van der Waals surface area contributed by atoms with Crippen LogP contribution >= 0.6 is 0 Å². The first-order valence-corrected chi connectivity index (χ1v) is 6.66. The van der Waals surface area contributed by atoms with Crippen molar-refractivity contribution in [2.45, 2.75) is 31.3 Å². The third-order valence-electron chi connectivity index (χ3n) is 3.89. The van der Waals surface area contributed by atoms with Crippen LogP contribution in [0.4, 0.5) is 5.69 Å². The molecule has 0 amide bonds. The molecule has 1 aromatic carbocycles. The molecule has 0 bridgehead atoms. The lowest BCUT2D eigenvalue weighted by Crippen LogP contribution is -2.31. The van der Waals surface area contributed by atoms with Crippen LogP contribution in [0, 0.1) is 10.1 Å². The summed E-state index contributed by atoms with van der Waals surface area (Å²) in [5, 5.41) is 31.2. The van der Waals surface area contributed by atoms with Gasteiger partial charge < -0.3 is 19.5 Å². The second-order valence-electron chi connectivity index (χ2n) is 5.54. The predicted octanol–water partition coefficient (Wildman–Crippen LogP) is 1.58. The summed E-state index contributed by atoms with van der Waals surface area (Å²) < 4.78 is 7.35. The lowest BCUT2D eigenvalue weighted by atomic mass is 10.0. The average Bonchev–Trinajstić information content (AvgIpc) is 2.98. The Labute approximate surface area is 120 Å². The number of ether oxygens (including phenoxy) is 1. The van der Waals surface area contributed by atoms with Gasteiger partial charge in [0.25, 0.3) is 5.69 Å². The first-order chi connectivity index (χ1) is 9.94. The number of benzene rings is 1. The summed E-state index contributed by atoms with van der Waals surface area (Å²) in [6.07, 6.45) is 0.842. The van der Waals surface area contributed by atoms with Crippen LogP contribution in [0.3, 0.4) is 0 Å². The zero-order valence-electron chi connectivity index (χ0n) is 11.5. The summed E-state index contributed by atoms with van der Waals surface area (Å²) in [6.45, 7) is 1.46. The van der Waals surface area contributed by atoms with E-state index >= 15 is 0 Å². The molecule has 7 nitrogen and oxygen atoms in total. The predicted molar refractivity (Wildman–Crippen MR) is 74.8 cm³/mol. The van der Waals surface area contributed by atoms with Crippen LogP contribution in [0.5, 0.6) is 0 Å². The average molecular weight is 292 g/mol. The second-order valence-corrected chi connectivity index (χ2v) is 5.54. The van der Waals surface area contributed by atoms with E-state index in [1.807, 2.05) is 0 Å². The van der Waals surface area contributed by atoms with Crippen molar-refractivity contribution >= 4 is 16.6 Å². The molecule has 1 fully saturated rings. The fourth-order valence-electron chi connectivity index (χ4n) is 2.95. The number of aliphatic hydroxyl groups excluding tert-OH is 1. The molecule has 2 N–H and O–H groups in total. The van der Waals surface area contributed by atoms with Crippen molar-refractivity contribution in [3.05, 3.63) is 40.6 Å². The quantitative estimate of drug-likeness (QED) is 0.661. The molecule has 1 aliphatic heterocycles. The molecule has 2 heterocycles. The van der Waals surface area contributed by atoms with Gasteiger partial charge in [0.1, 0.15) is 5.60 Å². The second kappa shape index (κ2) is 4.80. The van der Waals surface area contributed by atoms with Gasteiger partial charge in [-0.25, -0.2) is 0 Å². The molecule has 1 aliphatic rings. The van der Waals surface area contributed by atoms with Crippen molar-refractivity contribution in [2.24, 2.45) is 0 Å². The summed E-state index contributed by atoms with van der Waals surface area (Å²) in [5.41, 5.74) is -0.514. The maximum Gasteiger partial charge on any atom is 0.278 e. The van der Waals surface area contributed by atoms with E-state index in [2.05, 4.69) is 0 Å². The lowest BCUT2D eigenvalue weighted by molar-refractivity contribution is -0.383. The van der Waals surface area contributed by atoms with E-state index in [0.29, 0.717) is 17.3 Å². The lowest BCUT2D eigenvalue weighted by Gasteiger charge is -2.25. The molecule has 0 radical (unpaired) electrons. The van der Waals surface area contributed by atoms with Crippen molar-refractivity contribution in [3.8, 4) is 0 Å². The molecular weight excluding hydrogens is 276 g/mol. The third-order valence-corrected chi connectivity index (χ3v) is 3.89. The summed E-state index contributed by atoms with van der Waals surface area (Å²) >= 11 is 0. The number of nitro groups is 1. The maximum absolute atomic E-state index is 11.1. The standard InChI is InChI=1S/C14H16N2O5/c1-14(18)7-9(8-17)21-13(14)15-6-5-10-11(15)3-2-4-12(10)16(19)20/h2-6,9,13,17-18H,7-8H2,1H3/t9-,13-,14+/m0/s1. The van der Waals surface area contributed by atoms with Crippen LogP contribution < -0.4 is 0 Å². The van der Waals surface area contributed by atoms with Gasteiger partial charge in [0, 0.05) is 18.7 Å². The zero-order valence-corrected chi connectivity index (χ0v) is 11.5. The van der Waals surface area contributed by atoms with Crippen molar-refractivity contribution in [1.29, 1.82) is 0 Å². The SMILES string of the molecule is C[C@@]1(O)C[C@@H](CO)O[C@@H]1n1ccc2c([N+](=O)[O-])cccc21. The molecule has 112 valence electrons. The van der Waals surface area contributed by atoms with Crippen LogP contribution in [0.1, 0.15) is 19.6 Å². The van der Waals surface area contributed by atoms with Gasteiger partial charge in [0.2, 0.25) is 0 Å². The summed E-state index contributed by atoms with van der Waals surface area (Å²) in [4.78, 5) is 10.6. The number of aliphatic hydroxyl groups is 2. The fraction of sp³-hybridized carbons (Fsp3) is 0.429. The number of nitro benzene ring substituents is 1. The van der Waals surface area contributed by atoms with Crippen LogP contribution in [0.2, 0.25) is 0 Å². The fourth-order valence-corrected chi connectivity index (χ4v) is 2.95. The summed E-state index contributed by atoms with van der Waals surface area (Å²) in [7, 11) is 0. The minimum absolute atomic E-state index is 0.0163. The Morgan fingerprint density at radius 3 is 2.90 bits per heavy atom. The molecule has 2 aromatic rings. The number of hydrogen-bond donors (Lipinski definition) is 2. The Balaban J connectivity index is 2.10. The molecule has 0 spiro atoms. The minimum atomic E-state index is -1.15. The highest BCUT2D eigenvalue weighted by Gasteiger charge is 2.45. The highest BCUT2D eigenvalue weighted by atomic mass is 16.6. The van der Waals surface area contributed by atoms with Crippen LogP contribution in [0.15, 0.2) is 30.5 Å². The van der Waals surface area contributed by atoms with Gasteiger partial charge >= 0.3 is 0 Å². The van der Waals surface area contributed by atoms with Gasteiger partial charge in [-0.3, -0.25) is 10.1 Å². The van der Waals surface area contributed by atoms with E-state index in [1.165, 1.54) is 6.07 Å². The Kier molecular flexibility index (Phi) is 3.20. The van der Waals surface area contributed by atoms with Gasteiger partial charge in [0.05, 0.1) is 28.5 Å². The van der Waals surface area contributed by atoms with Crippen LogP contribution in [0.25, 0.3) is 10.9 Å². The first kappa shape index (κ1) is 14.0. The smallest absolute Gasteiger partial charge is 0.278 e. The van der Waals surface area contributed by atoms with Crippen molar-refractivity contribution < 1.29 is 19.9 Å². The van der Waals surface area contributed by atoms with Crippen LogP contribution in [-0.4, -0.2) is 38.0 Å². The van der Waals surface area contributed by atoms with E-state index in [-0.39, 0.29) is 12.3 Å². The number of non-ortho nitro benzene ring substituents is 1. The molecule has 0 aliphatic carbocycles. The highest BCUT2D eigenvalue weighted by Crippen LogP contribution is 2.40. The van der Waals surface area contributed by atoms with Crippen molar-refractivity contribution in [2.75, 3.05) is 6.61 Å². The Bertz CT molecular complexity index is 694. The minimum Gasteiger partial charge on any atom is -0.394 e. The summed E-state index contributed by atoms with van der Waals surface area (Å²) in [5.74, 6) is 0. The van der Waals surface area contributed by atoms with Gasteiger partial charge in [-0.2, -0.15) is 0 Å². The van der Waals surface area contributed by atoms with Gasteiger partial charge in [0.15, 0.2) is 6.23 Å². The van der Waals surface area contributed by atoms with E-state index in [4.69, 9.17) is 4.74 Å².